The zero-order valence-corrected chi connectivity index (χ0v) is 12.0. The standard InChI is InChI=1S/C18H20O2/c1-9(2)12-4-3-5-13-16(12)18(20)15-11-7-6-10(8-11)14(15)17(13)19/h3-5,9-11,19-20H,6-8H2,1-2H3. The Morgan fingerprint density at radius 3 is 2.30 bits per heavy atom. The lowest BCUT2D eigenvalue weighted by Crippen LogP contribution is -2.01. The molecule has 2 aliphatic rings. The van der Waals surface area contributed by atoms with Crippen LogP contribution in [-0.2, 0) is 0 Å². The molecule has 2 aromatic rings. The van der Waals surface area contributed by atoms with Crippen molar-refractivity contribution < 1.29 is 10.2 Å². The second kappa shape index (κ2) is 3.91. The number of hydrogen-bond donors (Lipinski definition) is 2. The maximum atomic E-state index is 10.8. The first-order chi connectivity index (χ1) is 9.59. The van der Waals surface area contributed by atoms with E-state index in [0.717, 1.165) is 46.7 Å². The van der Waals surface area contributed by atoms with Gasteiger partial charge in [0, 0.05) is 21.9 Å². The zero-order chi connectivity index (χ0) is 14.0. The van der Waals surface area contributed by atoms with Gasteiger partial charge in [0.15, 0.2) is 0 Å². The molecule has 0 radical (unpaired) electrons. The van der Waals surface area contributed by atoms with Crippen LogP contribution in [0.25, 0.3) is 10.8 Å². The molecule has 2 N–H and O–H groups in total. The quantitative estimate of drug-likeness (QED) is 0.733. The maximum absolute atomic E-state index is 10.8. The molecule has 2 heteroatoms. The van der Waals surface area contributed by atoms with E-state index in [1.54, 1.807) is 0 Å². The Kier molecular flexibility index (Phi) is 2.36. The third-order valence-corrected chi connectivity index (χ3v) is 5.26. The molecule has 0 saturated heterocycles. The van der Waals surface area contributed by atoms with Crippen LogP contribution in [0, 0.1) is 0 Å². The van der Waals surface area contributed by atoms with Gasteiger partial charge >= 0.3 is 0 Å². The molecule has 2 atom stereocenters. The Hall–Kier alpha value is -1.70. The second-order valence-corrected chi connectivity index (χ2v) is 6.66. The summed E-state index contributed by atoms with van der Waals surface area (Å²) in [5.41, 5.74) is 3.20. The van der Waals surface area contributed by atoms with Crippen LogP contribution in [0.4, 0.5) is 0 Å². The highest BCUT2D eigenvalue weighted by molar-refractivity contribution is 5.99. The molecule has 2 aliphatic carbocycles. The summed E-state index contributed by atoms with van der Waals surface area (Å²) in [4.78, 5) is 0. The zero-order valence-electron chi connectivity index (χ0n) is 12.0. The maximum Gasteiger partial charge on any atom is 0.127 e. The molecule has 1 saturated carbocycles. The molecule has 0 spiro atoms. The second-order valence-electron chi connectivity index (χ2n) is 6.66. The molecule has 104 valence electrons. The first-order valence-electron chi connectivity index (χ1n) is 7.59. The molecule has 0 aromatic heterocycles. The fourth-order valence-corrected chi connectivity index (χ4v) is 4.38. The van der Waals surface area contributed by atoms with Crippen LogP contribution in [0.3, 0.4) is 0 Å². The number of aromatic hydroxyl groups is 2. The Labute approximate surface area is 119 Å². The number of hydrogen-bond acceptors (Lipinski definition) is 2. The summed E-state index contributed by atoms with van der Waals surface area (Å²) in [6.07, 6.45) is 3.41. The summed E-state index contributed by atoms with van der Waals surface area (Å²) in [5.74, 6) is 2.09. The van der Waals surface area contributed by atoms with Crippen molar-refractivity contribution in [3.63, 3.8) is 0 Å². The molecule has 2 nitrogen and oxygen atoms in total. The average Bonchev–Trinajstić information content (AvgIpc) is 3.04. The van der Waals surface area contributed by atoms with Gasteiger partial charge < -0.3 is 10.2 Å². The van der Waals surface area contributed by atoms with Gasteiger partial charge in [-0.2, -0.15) is 0 Å². The van der Waals surface area contributed by atoms with E-state index in [4.69, 9.17) is 0 Å². The van der Waals surface area contributed by atoms with Crippen LogP contribution in [0.5, 0.6) is 11.5 Å². The number of fused-ring (bicyclic) bond motifs is 6. The smallest absolute Gasteiger partial charge is 0.127 e. The highest BCUT2D eigenvalue weighted by Crippen LogP contribution is 2.61. The van der Waals surface area contributed by atoms with Crippen LogP contribution in [0.1, 0.15) is 67.6 Å². The molecule has 0 aliphatic heterocycles. The molecule has 2 unspecified atom stereocenters. The SMILES string of the molecule is CC(C)c1cccc2c(O)c3c(c(O)c12)C1CCC3C1. The Morgan fingerprint density at radius 1 is 1.00 bits per heavy atom. The van der Waals surface area contributed by atoms with Crippen molar-refractivity contribution in [1.29, 1.82) is 0 Å². The molecule has 4 rings (SSSR count). The summed E-state index contributed by atoms with van der Waals surface area (Å²) >= 11 is 0. The van der Waals surface area contributed by atoms with Gasteiger partial charge in [-0.1, -0.05) is 32.0 Å². The van der Waals surface area contributed by atoms with Crippen molar-refractivity contribution in [3.8, 4) is 11.5 Å². The van der Waals surface area contributed by atoms with Crippen molar-refractivity contribution in [3.05, 3.63) is 34.9 Å². The van der Waals surface area contributed by atoms with E-state index in [2.05, 4.69) is 19.9 Å². The Balaban J connectivity index is 2.15. The van der Waals surface area contributed by atoms with E-state index in [-0.39, 0.29) is 0 Å². The van der Waals surface area contributed by atoms with Crippen molar-refractivity contribution in [2.75, 3.05) is 0 Å². The molecule has 1 fully saturated rings. The van der Waals surface area contributed by atoms with Gasteiger partial charge in [-0.15, -0.1) is 0 Å². The van der Waals surface area contributed by atoms with Crippen LogP contribution in [0.15, 0.2) is 18.2 Å². The topological polar surface area (TPSA) is 40.5 Å². The lowest BCUT2D eigenvalue weighted by atomic mass is 9.85. The van der Waals surface area contributed by atoms with Gasteiger partial charge in [-0.25, -0.2) is 0 Å². The van der Waals surface area contributed by atoms with E-state index in [1.807, 2.05) is 12.1 Å². The van der Waals surface area contributed by atoms with Crippen molar-refractivity contribution in [2.24, 2.45) is 0 Å². The Bertz CT molecular complexity index is 715. The van der Waals surface area contributed by atoms with Crippen LogP contribution < -0.4 is 0 Å². The van der Waals surface area contributed by atoms with Crippen molar-refractivity contribution >= 4 is 10.8 Å². The van der Waals surface area contributed by atoms with Crippen molar-refractivity contribution in [1.82, 2.24) is 0 Å². The first kappa shape index (κ1) is 12.1. The van der Waals surface area contributed by atoms with E-state index < -0.39 is 0 Å². The van der Waals surface area contributed by atoms with E-state index in [0.29, 0.717) is 29.3 Å². The fourth-order valence-electron chi connectivity index (χ4n) is 4.38. The monoisotopic (exact) mass is 268 g/mol. The van der Waals surface area contributed by atoms with Crippen LogP contribution in [-0.4, -0.2) is 10.2 Å². The summed E-state index contributed by atoms with van der Waals surface area (Å²) in [6.45, 7) is 4.26. The predicted molar refractivity (Wildman–Crippen MR) is 80.7 cm³/mol. The van der Waals surface area contributed by atoms with Crippen LogP contribution in [0.2, 0.25) is 0 Å². The molecule has 2 bridgehead atoms. The van der Waals surface area contributed by atoms with Gasteiger partial charge in [0.25, 0.3) is 0 Å². The molecule has 20 heavy (non-hydrogen) atoms. The first-order valence-corrected chi connectivity index (χ1v) is 7.59. The van der Waals surface area contributed by atoms with E-state index >= 15 is 0 Å². The normalized spacial score (nSPS) is 23.8. The van der Waals surface area contributed by atoms with Gasteiger partial charge in [0.2, 0.25) is 0 Å². The molecule has 0 amide bonds. The van der Waals surface area contributed by atoms with E-state index in [1.165, 1.54) is 0 Å². The predicted octanol–water partition coefficient (Wildman–Crippen LogP) is 4.74. The number of phenolic OH excluding ortho intramolecular Hbond substituents is 2. The number of benzene rings is 2. The summed E-state index contributed by atoms with van der Waals surface area (Å²) in [7, 11) is 0. The van der Waals surface area contributed by atoms with Gasteiger partial charge in [-0.3, -0.25) is 0 Å². The van der Waals surface area contributed by atoms with Gasteiger partial charge in [0.05, 0.1) is 0 Å². The largest absolute Gasteiger partial charge is 0.507 e. The lowest BCUT2D eigenvalue weighted by molar-refractivity contribution is 0.451. The van der Waals surface area contributed by atoms with Gasteiger partial charge in [-0.05, 0) is 42.6 Å². The summed E-state index contributed by atoms with van der Waals surface area (Å²) in [5, 5.41) is 23.2. The molecular formula is C18H20O2. The molecule has 0 heterocycles. The minimum absolute atomic E-state index is 0.334. The average molecular weight is 268 g/mol. The summed E-state index contributed by atoms with van der Waals surface area (Å²) in [6, 6.07) is 5.98. The minimum Gasteiger partial charge on any atom is -0.507 e. The third kappa shape index (κ3) is 1.34. The summed E-state index contributed by atoms with van der Waals surface area (Å²) < 4.78 is 0. The minimum atomic E-state index is 0.334. The fraction of sp³-hybridized carbons (Fsp3) is 0.444. The number of rotatable bonds is 1. The van der Waals surface area contributed by atoms with Crippen LogP contribution >= 0.6 is 0 Å². The van der Waals surface area contributed by atoms with E-state index in [9.17, 15) is 10.2 Å². The molecule has 2 aromatic carbocycles. The molecular weight excluding hydrogens is 248 g/mol. The highest BCUT2D eigenvalue weighted by atomic mass is 16.3. The third-order valence-electron chi connectivity index (χ3n) is 5.26. The highest BCUT2D eigenvalue weighted by Gasteiger charge is 2.42. The van der Waals surface area contributed by atoms with Gasteiger partial charge in [0.1, 0.15) is 11.5 Å². The number of phenols is 2. The lowest BCUT2D eigenvalue weighted by Gasteiger charge is -2.22. The Morgan fingerprint density at radius 2 is 1.65 bits per heavy atom. The van der Waals surface area contributed by atoms with Crippen molar-refractivity contribution in [2.45, 2.75) is 50.9 Å².